The zero-order valence-electron chi connectivity index (χ0n) is 38.1. The fourth-order valence-electron chi connectivity index (χ4n) is 11.5. The molecule has 70 heavy (non-hydrogen) atoms. The second kappa shape index (κ2) is 16.0. The zero-order valence-corrected chi connectivity index (χ0v) is 38.1. The number of anilines is 3. The number of rotatable bonds is 8. The van der Waals surface area contributed by atoms with Crippen molar-refractivity contribution in [2.75, 3.05) is 4.90 Å². The molecule has 0 saturated heterocycles. The van der Waals surface area contributed by atoms with Crippen LogP contribution in [-0.4, -0.2) is 0 Å². The first-order valence-electron chi connectivity index (χ1n) is 24.0. The van der Waals surface area contributed by atoms with Crippen molar-refractivity contribution in [2.45, 2.75) is 5.41 Å². The van der Waals surface area contributed by atoms with Gasteiger partial charge in [-0.25, -0.2) is 0 Å². The molecule has 1 aliphatic carbocycles. The van der Waals surface area contributed by atoms with E-state index in [0.717, 1.165) is 94.3 Å². The van der Waals surface area contributed by atoms with Crippen molar-refractivity contribution in [1.82, 2.24) is 0 Å². The number of benzene rings is 11. The Morgan fingerprint density at radius 1 is 0.314 bits per heavy atom. The van der Waals surface area contributed by atoms with Crippen molar-refractivity contribution in [3.8, 4) is 44.5 Å². The normalized spacial score (nSPS) is 12.7. The SMILES string of the molecule is c1ccc(-c2ccccc2N(c2ccc(-c3ccc4oc5c(-c6ccccc6)c6c(cc5c4c3)oc3ccccc36)cc2)c2ccc3c(c2)C(c2ccccc2)(c2ccccc2)c2ccccc2-3)cc1. The summed E-state index contributed by atoms with van der Waals surface area (Å²) in [6.07, 6.45) is 0. The smallest absolute Gasteiger partial charge is 0.144 e. The highest BCUT2D eigenvalue weighted by Crippen LogP contribution is 2.57. The van der Waals surface area contributed by atoms with Gasteiger partial charge in [-0.15, -0.1) is 0 Å². The summed E-state index contributed by atoms with van der Waals surface area (Å²) in [6.45, 7) is 0. The summed E-state index contributed by atoms with van der Waals surface area (Å²) in [5, 5.41) is 4.23. The number of nitrogens with zero attached hydrogens (tertiary/aromatic N) is 1. The lowest BCUT2D eigenvalue weighted by atomic mass is 9.67. The molecule has 0 radical (unpaired) electrons. The van der Waals surface area contributed by atoms with E-state index in [4.69, 9.17) is 8.83 Å². The van der Waals surface area contributed by atoms with E-state index in [2.05, 4.69) is 254 Å². The van der Waals surface area contributed by atoms with E-state index in [-0.39, 0.29) is 0 Å². The molecule has 3 nitrogen and oxygen atoms in total. The molecule has 0 bridgehead atoms. The average Bonchev–Trinajstić information content (AvgIpc) is 4.09. The van der Waals surface area contributed by atoms with Gasteiger partial charge in [0.05, 0.1) is 11.1 Å². The molecular weight excluding hydrogens is 851 g/mol. The molecule has 11 aromatic carbocycles. The van der Waals surface area contributed by atoms with E-state index in [1.54, 1.807) is 0 Å². The average molecular weight is 894 g/mol. The molecule has 0 aliphatic heterocycles. The second-order valence-electron chi connectivity index (χ2n) is 18.3. The summed E-state index contributed by atoms with van der Waals surface area (Å²) >= 11 is 0. The molecule has 0 amide bonds. The van der Waals surface area contributed by atoms with Crippen molar-refractivity contribution < 1.29 is 8.83 Å². The number of furan rings is 2. The van der Waals surface area contributed by atoms with Crippen LogP contribution in [0, 0.1) is 0 Å². The third-order valence-electron chi connectivity index (χ3n) is 14.6. The van der Waals surface area contributed by atoms with Crippen LogP contribution in [0.3, 0.4) is 0 Å². The molecular formula is C67H43NO2. The van der Waals surface area contributed by atoms with Crippen molar-refractivity contribution in [1.29, 1.82) is 0 Å². The first-order chi connectivity index (χ1) is 34.7. The highest BCUT2D eigenvalue weighted by atomic mass is 16.3. The van der Waals surface area contributed by atoms with E-state index < -0.39 is 5.41 Å². The van der Waals surface area contributed by atoms with Gasteiger partial charge < -0.3 is 13.7 Å². The number of para-hydroxylation sites is 2. The predicted molar refractivity (Wildman–Crippen MR) is 289 cm³/mol. The summed E-state index contributed by atoms with van der Waals surface area (Å²) in [5.74, 6) is 0. The quantitative estimate of drug-likeness (QED) is 0.152. The van der Waals surface area contributed by atoms with Crippen LogP contribution in [0.15, 0.2) is 270 Å². The van der Waals surface area contributed by atoms with Crippen LogP contribution in [-0.2, 0) is 5.41 Å². The maximum absolute atomic E-state index is 6.83. The molecule has 0 saturated carbocycles. The van der Waals surface area contributed by atoms with Crippen LogP contribution >= 0.6 is 0 Å². The topological polar surface area (TPSA) is 29.5 Å². The summed E-state index contributed by atoms with van der Waals surface area (Å²) in [7, 11) is 0. The van der Waals surface area contributed by atoms with Gasteiger partial charge in [0.1, 0.15) is 22.3 Å². The molecule has 0 atom stereocenters. The third-order valence-corrected chi connectivity index (χ3v) is 14.6. The molecule has 0 fully saturated rings. The molecule has 3 heteroatoms. The molecule has 2 aromatic heterocycles. The standard InChI is InChI=1S/C67H43NO2/c1-5-19-45(20-6-1)52-27-14-17-31-60(52)68(51-38-39-54-53-28-13-16-30-58(53)67(59(54)42-51,48-23-9-3-10-24-48)49-25-11-4-12-26-49)50-36-33-44(34-37-50)47-35-40-62-56(41-47)57-43-63-65(55-29-15-18-32-61(55)69-63)64(66(57)70-62)46-21-7-2-8-22-46/h1-43H. The van der Waals surface area contributed by atoms with Gasteiger partial charge in [0.15, 0.2) is 0 Å². The minimum atomic E-state index is -0.535. The highest BCUT2D eigenvalue weighted by molar-refractivity contribution is 6.23. The zero-order chi connectivity index (χ0) is 46.2. The van der Waals surface area contributed by atoms with Crippen LogP contribution in [0.5, 0.6) is 0 Å². The lowest BCUT2D eigenvalue weighted by molar-refractivity contribution is 0.664. The Morgan fingerprint density at radius 2 is 0.886 bits per heavy atom. The van der Waals surface area contributed by atoms with E-state index in [1.807, 2.05) is 12.1 Å². The minimum Gasteiger partial charge on any atom is -0.456 e. The van der Waals surface area contributed by atoms with Gasteiger partial charge >= 0.3 is 0 Å². The van der Waals surface area contributed by atoms with Crippen molar-refractivity contribution >= 4 is 60.9 Å². The summed E-state index contributed by atoms with van der Waals surface area (Å²) < 4.78 is 13.4. The molecule has 14 rings (SSSR count). The van der Waals surface area contributed by atoms with Crippen LogP contribution in [0.2, 0.25) is 0 Å². The maximum Gasteiger partial charge on any atom is 0.144 e. The largest absolute Gasteiger partial charge is 0.456 e. The molecule has 0 unspecified atom stereocenters. The minimum absolute atomic E-state index is 0.535. The lowest BCUT2D eigenvalue weighted by Crippen LogP contribution is -2.28. The highest BCUT2D eigenvalue weighted by Gasteiger charge is 2.46. The molecule has 2 heterocycles. The predicted octanol–water partition coefficient (Wildman–Crippen LogP) is 18.3. The van der Waals surface area contributed by atoms with Crippen molar-refractivity contribution in [2.24, 2.45) is 0 Å². The second-order valence-corrected chi connectivity index (χ2v) is 18.3. The van der Waals surface area contributed by atoms with E-state index >= 15 is 0 Å². The van der Waals surface area contributed by atoms with Crippen molar-refractivity contribution in [3.05, 3.63) is 283 Å². The number of hydrogen-bond donors (Lipinski definition) is 0. The number of hydrogen-bond acceptors (Lipinski definition) is 3. The first-order valence-corrected chi connectivity index (χ1v) is 24.0. The van der Waals surface area contributed by atoms with E-state index in [1.165, 1.54) is 33.4 Å². The first kappa shape index (κ1) is 39.9. The van der Waals surface area contributed by atoms with Gasteiger partial charge in [-0.1, -0.05) is 206 Å². The number of fused-ring (bicyclic) bond motifs is 9. The summed E-state index contributed by atoms with van der Waals surface area (Å²) in [5.41, 5.74) is 20.3. The van der Waals surface area contributed by atoms with Gasteiger partial charge in [-0.2, -0.15) is 0 Å². The lowest BCUT2D eigenvalue weighted by Gasteiger charge is -2.35. The van der Waals surface area contributed by atoms with Crippen LogP contribution < -0.4 is 4.90 Å². The van der Waals surface area contributed by atoms with Gasteiger partial charge in [0.2, 0.25) is 0 Å². The Labute approximate surface area is 405 Å². The van der Waals surface area contributed by atoms with Gasteiger partial charge in [0.25, 0.3) is 0 Å². The van der Waals surface area contributed by atoms with E-state index in [9.17, 15) is 0 Å². The Hall–Kier alpha value is -9.18. The van der Waals surface area contributed by atoms with E-state index in [0.29, 0.717) is 0 Å². The van der Waals surface area contributed by atoms with Gasteiger partial charge in [-0.05, 0) is 110 Å². The Morgan fingerprint density at radius 3 is 1.63 bits per heavy atom. The fourth-order valence-corrected chi connectivity index (χ4v) is 11.5. The molecule has 13 aromatic rings. The monoisotopic (exact) mass is 893 g/mol. The van der Waals surface area contributed by atoms with Gasteiger partial charge in [0, 0.05) is 44.0 Å². The fraction of sp³-hybridized carbons (Fsp3) is 0.0149. The summed E-state index contributed by atoms with van der Waals surface area (Å²) in [6, 6.07) is 94.2. The molecule has 0 spiro atoms. The van der Waals surface area contributed by atoms with Crippen LogP contribution in [0.25, 0.3) is 88.4 Å². The summed E-state index contributed by atoms with van der Waals surface area (Å²) in [4.78, 5) is 2.44. The molecule has 328 valence electrons. The Kier molecular flexibility index (Phi) is 9.11. The Balaban J connectivity index is 0.943. The third kappa shape index (κ3) is 6.08. The van der Waals surface area contributed by atoms with Crippen LogP contribution in [0.4, 0.5) is 17.1 Å². The van der Waals surface area contributed by atoms with Gasteiger partial charge in [-0.3, -0.25) is 0 Å². The van der Waals surface area contributed by atoms with Crippen LogP contribution in [0.1, 0.15) is 22.3 Å². The molecule has 1 aliphatic rings. The Bertz CT molecular complexity index is 4060. The van der Waals surface area contributed by atoms with Crippen molar-refractivity contribution in [3.63, 3.8) is 0 Å². The molecule has 0 N–H and O–H groups in total. The maximum atomic E-state index is 6.83.